The van der Waals surface area contributed by atoms with Crippen molar-refractivity contribution < 1.29 is 4.79 Å². The number of amides is 1. The van der Waals surface area contributed by atoms with Crippen LogP contribution in [0.5, 0.6) is 0 Å². The van der Waals surface area contributed by atoms with E-state index in [9.17, 15) is 4.79 Å². The first kappa shape index (κ1) is 18.1. The molecule has 1 N–H and O–H groups in total. The van der Waals surface area contributed by atoms with Crippen LogP contribution in [0.4, 0.5) is 5.69 Å². The van der Waals surface area contributed by atoms with Gasteiger partial charge >= 0.3 is 0 Å². The molecule has 2 aromatic rings. The molecule has 2 rings (SSSR count). The van der Waals surface area contributed by atoms with Crippen molar-refractivity contribution in [2.75, 3.05) is 25.5 Å². The number of nitrogens with one attached hydrogen (secondary N) is 1. The molecule has 2 aromatic carbocycles. The van der Waals surface area contributed by atoms with Crippen LogP contribution in [-0.4, -0.2) is 26.5 Å². The molecule has 128 valence electrons. The third-order valence-electron chi connectivity index (χ3n) is 4.28. The number of hydrogen-bond donors (Lipinski definition) is 1. The minimum atomic E-state index is 0.0351. The van der Waals surface area contributed by atoms with Crippen LogP contribution in [0.2, 0.25) is 0 Å². The molecule has 0 unspecified atom stereocenters. The fourth-order valence-electron chi connectivity index (χ4n) is 3.08. The number of hydrogen-bond acceptors (Lipinski definition) is 2. The first-order valence-electron chi connectivity index (χ1n) is 8.51. The van der Waals surface area contributed by atoms with Crippen molar-refractivity contribution >= 4 is 11.6 Å². The van der Waals surface area contributed by atoms with Gasteiger partial charge in [-0.3, -0.25) is 4.79 Å². The maximum absolute atomic E-state index is 12.4. The van der Waals surface area contributed by atoms with E-state index >= 15 is 0 Å². The van der Waals surface area contributed by atoms with Crippen molar-refractivity contribution in [2.24, 2.45) is 0 Å². The SMILES string of the molecule is Cc1cc(C)c(C(=O)NCCCc2ccc(N(C)C)cc2)c(C)c1. The summed E-state index contributed by atoms with van der Waals surface area (Å²) in [6.45, 7) is 6.76. The molecule has 0 saturated carbocycles. The quantitative estimate of drug-likeness (QED) is 0.813. The highest BCUT2D eigenvalue weighted by Crippen LogP contribution is 2.16. The predicted octanol–water partition coefficient (Wildman–Crippen LogP) is 4.04. The molecule has 0 saturated heterocycles. The summed E-state index contributed by atoms with van der Waals surface area (Å²) in [5.74, 6) is 0.0351. The topological polar surface area (TPSA) is 32.3 Å². The summed E-state index contributed by atoms with van der Waals surface area (Å²) in [6.07, 6.45) is 1.91. The second-order valence-electron chi connectivity index (χ2n) is 6.69. The van der Waals surface area contributed by atoms with Gasteiger partial charge in [0.2, 0.25) is 0 Å². The Morgan fingerprint density at radius 3 is 2.12 bits per heavy atom. The highest BCUT2D eigenvalue weighted by Gasteiger charge is 2.12. The third kappa shape index (κ3) is 4.60. The number of carbonyl (C=O) groups excluding carboxylic acids is 1. The Morgan fingerprint density at radius 1 is 1.00 bits per heavy atom. The summed E-state index contributed by atoms with van der Waals surface area (Å²) in [4.78, 5) is 14.5. The van der Waals surface area contributed by atoms with Crippen molar-refractivity contribution in [1.29, 1.82) is 0 Å². The summed E-state index contributed by atoms with van der Waals surface area (Å²) in [5.41, 5.74) is 6.61. The van der Waals surface area contributed by atoms with E-state index in [4.69, 9.17) is 0 Å². The molecule has 0 aliphatic carbocycles. The van der Waals surface area contributed by atoms with Crippen LogP contribution >= 0.6 is 0 Å². The lowest BCUT2D eigenvalue weighted by molar-refractivity contribution is 0.0952. The van der Waals surface area contributed by atoms with Crippen molar-refractivity contribution in [2.45, 2.75) is 33.6 Å². The first-order valence-corrected chi connectivity index (χ1v) is 8.51. The minimum Gasteiger partial charge on any atom is -0.378 e. The molecule has 0 bridgehead atoms. The largest absolute Gasteiger partial charge is 0.378 e. The molecule has 0 fully saturated rings. The molecule has 0 atom stereocenters. The molecular formula is C21H28N2O. The first-order chi connectivity index (χ1) is 11.4. The summed E-state index contributed by atoms with van der Waals surface area (Å²) in [7, 11) is 4.08. The lowest BCUT2D eigenvalue weighted by Crippen LogP contribution is -2.26. The normalized spacial score (nSPS) is 10.5. The van der Waals surface area contributed by atoms with Crippen LogP contribution in [0, 0.1) is 20.8 Å². The molecule has 3 heteroatoms. The average molecular weight is 324 g/mol. The van der Waals surface area contributed by atoms with Gasteiger partial charge in [0.25, 0.3) is 5.91 Å². The molecule has 0 aliphatic heterocycles. The summed E-state index contributed by atoms with van der Waals surface area (Å²) < 4.78 is 0. The van der Waals surface area contributed by atoms with Crippen LogP contribution < -0.4 is 10.2 Å². The maximum Gasteiger partial charge on any atom is 0.251 e. The van der Waals surface area contributed by atoms with Crippen molar-refractivity contribution in [3.63, 3.8) is 0 Å². The molecule has 0 aromatic heterocycles. The van der Waals surface area contributed by atoms with Gasteiger partial charge in [0, 0.05) is 31.9 Å². The van der Waals surface area contributed by atoms with Crippen molar-refractivity contribution in [1.82, 2.24) is 5.32 Å². The summed E-state index contributed by atoms with van der Waals surface area (Å²) >= 11 is 0. The third-order valence-corrected chi connectivity index (χ3v) is 4.28. The number of benzene rings is 2. The Hall–Kier alpha value is -2.29. The van der Waals surface area contributed by atoms with E-state index in [1.54, 1.807) is 0 Å². The molecule has 3 nitrogen and oxygen atoms in total. The number of anilines is 1. The Bertz CT molecular complexity index is 679. The van der Waals surface area contributed by atoms with Crippen LogP contribution in [0.3, 0.4) is 0 Å². The zero-order chi connectivity index (χ0) is 17.7. The highest BCUT2D eigenvalue weighted by atomic mass is 16.1. The van der Waals surface area contributed by atoms with E-state index in [-0.39, 0.29) is 5.91 Å². The number of rotatable bonds is 6. The van der Waals surface area contributed by atoms with E-state index in [1.807, 2.05) is 27.9 Å². The van der Waals surface area contributed by atoms with Crippen LogP contribution in [0.1, 0.15) is 39.0 Å². The molecular weight excluding hydrogens is 296 g/mol. The maximum atomic E-state index is 12.4. The molecule has 24 heavy (non-hydrogen) atoms. The zero-order valence-electron chi connectivity index (χ0n) is 15.4. The van der Waals surface area contributed by atoms with E-state index < -0.39 is 0 Å². The number of nitrogens with zero attached hydrogens (tertiary/aromatic N) is 1. The van der Waals surface area contributed by atoms with Gasteiger partial charge in [-0.2, -0.15) is 0 Å². The van der Waals surface area contributed by atoms with Crippen LogP contribution in [0.15, 0.2) is 36.4 Å². The van der Waals surface area contributed by atoms with Crippen molar-refractivity contribution in [3.8, 4) is 0 Å². The molecule has 0 heterocycles. The van der Waals surface area contributed by atoms with E-state index in [2.05, 4.69) is 53.5 Å². The Kier molecular flexibility index (Phi) is 6.02. The fraction of sp³-hybridized carbons (Fsp3) is 0.381. The Labute approximate surface area is 145 Å². The smallest absolute Gasteiger partial charge is 0.251 e. The standard InChI is InChI=1S/C21H28N2O/c1-15-13-16(2)20(17(3)14-15)21(24)22-12-6-7-18-8-10-19(11-9-18)23(4)5/h8-11,13-14H,6-7,12H2,1-5H3,(H,22,24). The Morgan fingerprint density at radius 2 is 1.58 bits per heavy atom. The van der Waals surface area contributed by atoms with Gasteiger partial charge in [-0.15, -0.1) is 0 Å². The molecule has 1 amide bonds. The number of carbonyl (C=O) groups is 1. The second kappa shape index (κ2) is 8.00. The Balaban J connectivity index is 1.85. The average Bonchev–Trinajstić information content (AvgIpc) is 2.51. The van der Waals surface area contributed by atoms with E-state index in [1.165, 1.54) is 16.8 Å². The summed E-state index contributed by atoms with van der Waals surface area (Å²) in [5, 5.41) is 3.05. The molecule has 0 radical (unpaired) electrons. The van der Waals surface area contributed by atoms with Gasteiger partial charge < -0.3 is 10.2 Å². The van der Waals surface area contributed by atoms with E-state index in [0.717, 1.165) is 29.5 Å². The lowest BCUT2D eigenvalue weighted by Gasteiger charge is -2.13. The fourth-order valence-corrected chi connectivity index (χ4v) is 3.08. The highest BCUT2D eigenvalue weighted by molar-refractivity contribution is 5.97. The van der Waals surface area contributed by atoms with Gasteiger partial charge in [0.15, 0.2) is 0 Å². The minimum absolute atomic E-state index is 0.0351. The zero-order valence-corrected chi connectivity index (χ0v) is 15.4. The molecule has 0 spiro atoms. The van der Waals surface area contributed by atoms with Gasteiger partial charge in [0.05, 0.1) is 0 Å². The van der Waals surface area contributed by atoms with Gasteiger partial charge in [-0.25, -0.2) is 0 Å². The monoisotopic (exact) mass is 324 g/mol. The number of aryl methyl sites for hydroxylation is 4. The van der Waals surface area contributed by atoms with Gasteiger partial charge in [-0.05, 0) is 62.4 Å². The van der Waals surface area contributed by atoms with Crippen LogP contribution in [0.25, 0.3) is 0 Å². The molecule has 0 aliphatic rings. The van der Waals surface area contributed by atoms with Gasteiger partial charge in [-0.1, -0.05) is 29.8 Å². The summed E-state index contributed by atoms with van der Waals surface area (Å²) in [6, 6.07) is 12.7. The lowest BCUT2D eigenvalue weighted by atomic mass is 9.99. The van der Waals surface area contributed by atoms with Crippen molar-refractivity contribution in [3.05, 3.63) is 64.2 Å². The van der Waals surface area contributed by atoms with E-state index in [0.29, 0.717) is 6.54 Å². The second-order valence-corrected chi connectivity index (χ2v) is 6.69. The predicted molar refractivity (Wildman–Crippen MR) is 102 cm³/mol. The van der Waals surface area contributed by atoms with Crippen LogP contribution in [-0.2, 0) is 6.42 Å². The van der Waals surface area contributed by atoms with Gasteiger partial charge in [0.1, 0.15) is 0 Å².